The van der Waals surface area contributed by atoms with Crippen LogP contribution in [-0.4, -0.2) is 35.9 Å². The number of amides is 1. The lowest BCUT2D eigenvalue weighted by atomic mass is 10.1. The Morgan fingerprint density at radius 1 is 1.50 bits per heavy atom. The van der Waals surface area contributed by atoms with Crippen LogP contribution in [0.2, 0.25) is 0 Å². The SMILES string of the molecule is COC(C)CNC(=O)c1cc(O)ccc1O. The zero-order valence-electron chi connectivity index (χ0n) is 9.23. The van der Waals surface area contributed by atoms with E-state index in [2.05, 4.69) is 5.32 Å². The van der Waals surface area contributed by atoms with Gasteiger partial charge in [-0.3, -0.25) is 4.79 Å². The molecule has 0 aliphatic rings. The minimum atomic E-state index is -0.447. The lowest BCUT2D eigenvalue weighted by molar-refractivity contribution is 0.0868. The van der Waals surface area contributed by atoms with Gasteiger partial charge in [0.1, 0.15) is 11.5 Å². The predicted molar refractivity (Wildman–Crippen MR) is 58.6 cm³/mol. The normalized spacial score (nSPS) is 12.1. The molecule has 88 valence electrons. The summed E-state index contributed by atoms with van der Waals surface area (Å²) in [4.78, 5) is 11.6. The molecule has 5 heteroatoms. The Bertz CT molecular complexity index is 378. The molecule has 1 aromatic carbocycles. The second-order valence-electron chi connectivity index (χ2n) is 3.46. The molecule has 3 N–H and O–H groups in total. The second-order valence-corrected chi connectivity index (χ2v) is 3.46. The first-order valence-electron chi connectivity index (χ1n) is 4.87. The van der Waals surface area contributed by atoms with Crippen molar-refractivity contribution in [2.75, 3.05) is 13.7 Å². The van der Waals surface area contributed by atoms with E-state index in [-0.39, 0.29) is 23.2 Å². The third-order valence-electron chi connectivity index (χ3n) is 2.18. The van der Waals surface area contributed by atoms with Gasteiger partial charge in [-0.25, -0.2) is 0 Å². The van der Waals surface area contributed by atoms with Gasteiger partial charge in [0.15, 0.2) is 0 Å². The first-order chi connectivity index (χ1) is 7.54. The van der Waals surface area contributed by atoms with Crippen LogP contribution in [0.25, 0.3) is 0 Å². The Labute approximate surface area is 93.7 Å². The molecule has 1 aromatic rings. The highest BCUT2D eigenvalue weighted by atomic mass is 16.5. The summed E-state index contributed by atoms with van der Waals surface area (Å²) in [5, 5.41) is 21.2. The summed E-state index contributed by atoms with van der Waals surface area (Å²) >= 11 is 0. The zero-order chi connectivity index (χ0) is 12.1. The first kappa shape index (κ1) is 12.3. The molecule has 0 radical (unpaired) electrons. The molecule has 1 atom stereocenters. The minimum Gasteiger partial charge on any atom is -0.508 e. The Morgan fingerprint density at radius 3 is 2.81 bits per heavy atom. The Kier molecular flexibility index (Phi) is 4.13. The van der Waals surface area contributed by atoms with Crippen LogP contribution in [0.1, 0.15) is 17.3 Å². The molecule has 0 saturated heterocycles. The fraction of sp³-hybridized carbons (Fsp3) is 0.364. The molecule has 0 fully saturated rings. The Morgan fingerprint density at radius 2 is 2.19 bits per heavy atom. The molecule has 1 amide bonds. The van der Waals surface area contributed by atoms with E-state index in [0.29, 0.717) is 6.54 Å². The van der Waals surface area contributed by atoms with Gasteiger partial charge in [0, 0.05) is 13.7 Å². The molecule has 0 aliphatic carbocycles. The van der Waals surface area contributed by atoms with E-state index in [0.717, 1.165) is 0 Å². The van der Waals surface area contributed by atoms with E-state index in [4.69, 9.17) is 4.74 Å². The number of hydrogen-bond donors (Lipinski definition) is 3. The molecule has 0 aliphatic heterocycles. The average molecular weight is 225 g/mol. The topological polar surface area (TPSA) is 78.8 Å². The van der Waals surface area contributed by atoms with E-state index in [1.165, 1.54) is 18.2 Å². The number of phenols is 2. The third kappa shape index (κ3) is 3.13. The van der Waals surface area contributed by atoms with Crippen molar-refractivity contribution in [3.05, 3.63) is 23.8 Å². The van der Waals surface area contributed by atoms with Crippen LogP contribution in [0.3, 0.4) is 0 Å². The number of aromatic hydroxyl groups is 2. The maximum atomic E-state index is 11.6. The molecular formula is C11H15NO4. The van der Waals surface area contributed by atoms with Gasteiger partial charge in [-0.2, -0.15) is 0 Å². The third-order valence-corrected chi connectivity index (χ3v) is 2.18. The van der Waals surface area contributed by atoms with Crippen molar-refractivity contribution in [2.45, 2.75) is 13.0 Å². The fourth-order valence-electron chi connectivity index (χ4n) is 1.12. The van der Waals surface area contributed by atoms with Gasteiger partial charge in [0.2, 0.25) is 0 Å². The number of rotatable bonds is 4. The molecule has 0 spiro atoms. The molecule has 1 rings (SSSR count). The van der Waals surface area contributed by atoms with Crippen LogP contribution >= 0.6 is 0 Å². The second kappa shape index (κ2) is 5.37. The van der Waals surface area contributed by atoms with E-state index in [1.807, 2.05) is 6.92 Å². The van der Waals surface area contributed by atoms with Gasteiger partial charge < -0.3 is 20.3 Å². The lowest BCUT2D eigenvalue weighted by Gasteiger charge is -2.11. The molecule has 0 saturated carbocycles. The maximum Gasteiger partial charge on any atom is 0.255 e. The van der Waals surface area contributed by atoms with Gasteiger partial charge in [0.05, 0.1) is 11.7 Å². The number of carbonyl (C=O) groups excluding carboxylic acids is 1. The van der Waals surface area contributed by atoms with E-state index >= 15 is 0 Å². The highest BCUT2D eigenvalue weighted by molar-refractivity contribution is 5.97. The summed E-state index contributed by atoms with van der Waals surface area (Å²) in [6.07, 6.45) is -0.108. The number of ether oxygens (including phenoxy) is 1. The van der Waals surface area contributed by atoms with Gasteiger partial charge in [-0.05, 0) is 25.1 Å². The predicted octanol–water partition coefficient (Wildman–Crippen LogP) is 0.862. The number of carbonyl (C=O) groups is 1. The molecule has 0 aromatic heterocycles. The van der Waals surface area contributed by atoms with Crippen LogP contribution in [0.5, 0.6) is 11.5 Å². The molecule has 0 heterocycles. The van der Waals surface area contributed by atoms with Crippen molar-refractivity contribution in [3.8, 4) is 11.5 Å². The van der Waals surface area contributed by atoms with Crippen LogP contribution in [0, 0.1) is 0 Å². The van der Waals surface area contributed by atoms with Crippen molar-refractivity contribution in [3.63, 3.8) is 0 Å². The van der Waals surface area contributed by atoms with Crippen molar-refractivity contribution in [1.29, 1.82) is 0 Å². The zero-order valence-corrected chi connectivity index (χ0v) is 9.23. The summed E-state index contributed by atoms with van der Waals surface area (Å²) in [6, 6.07) is 3.79. The monoisotopic (exact) mass is 225 g/mol. The lowest BCUT2D eigenvalue weighted by Crippen LogP contribution is -2.31. The maximum absolute atomic E-state index is 11.6. The molecule has 16 heavy (non-hydrogen) atoms. The quantitative estimate of drug-likeness (QED) is 0.664. The van der Waals surface area contributed by atoms with Crippen LogP contribution in [-0.2, 0) is 4.74 Å². The molecular weight excluding hydrogens is 210 g/mol. The molecule has 5 nitrogen and oxygen atoms in total. The standard InChI is InChI=1S/C11H15NO4/c1-7(16-2)6-12-11(15)9-5-8(13)3-4-10(9)14/h3-5,7,13-14H,6H2,1-2H3,(H,12,15). The average Bonchev–Trinajstić information content (AvgIpc) is 2.28. The van der Waals surface area contributed by atoms with Crippen LogP contribution < -0.4 is 5.32 Å². The smallest absolute Gasteiger partial charge is 0.255 e. The highest BCUT2D eigenvalue weighted by Crippen LogP contribution is 2.21. The van der Waals surface area contributed by atoms with Crippen LogP contribution in [0.4, 0.5) is 0 Å². The van der Waals surface area contributed by atoms with Gasteiger partial charge in [0.25, 0.3) is 5.91 Å². The minimum absolute atomic E-state index is 0.0447. The fourth-order valence-corrected chi connectivity index (χ4v) is 1.12. The molecule has 0 bridgehead atoms. The van der Waals surface area contributed by atoms with Crippen molar-refractivity contribution >= 4 is 5.91 Å². The van der Waals surface area contributed by atoms with Crippen molar-refractivity contribution in [2.24, 2.45) is 0 Å². The first-order valence-corrected chi connectivity index (χ1v) is 4.87. The van der Waals surface area contributed by atoms with E-state index in [1.54, 1.807) is 7.11 Å². The summed E-state index contributed by atoms with van der Waals surface area (Å²) in [5.41, 5.74) is 0.0447. The number of phenolic OH excluding ortho intramolecular Hbond substituents is 2. The van der Waals surface area contributed by atoms with E-state index < -0.39 is 5.91 Å². The van der Waals surface area contributed by atoms with Crippen molar-refractivity contribution < 1.29 is 19.7 Å². The van der Waals surface area contributed by atoms with Gasteiger partial charge in [-0.1, -0.05) is 0 Å². The van der Waals surface area contributed by atoms with Gasteiger partial charge in [-0.15, -0.1) is 0 Å². The van der Waals surface area contributed by atoms with Gasteiger partial charge >= 0.3 is 0 Å². The molecule has 1 unspecified atom stereocenters. The number of benzene rings is 1. The number of methoxy groups -OCH3 is 1. The summed E-state index contributed by atoms with van der Waals surface area (Å²) in [6.45, 7) is 2.15. The van der Waals surface area contributed by atoms with Crippen LogP contribution in [0.15, 0.2) is 18.2 Å². The summed E-state index contributed by atoms with van der Waals surface area (Å²) in [5.74, 6) is -0.680. The highest BCUT2D eigenvalue weighted by Gasteiger charge is 2.12. The summed E-state index contributed by atoms with van der Waals surface area (Å²) in [7, 11) is 1.54. The largest absolute Gasteiger partial charge is 0.508 e. The Hall–Kier alpha value is -1.75. The number of nitrogens with one attached hydrogen (secondary N) is 1. The summed E-state index contributed by atoms with van der Waals surface area (Å²) < 4.78 is 4.96. The van der Waals surface area contributed by atoms with E-state index in [9.17, 15) is 15.0 Å². The number of hydrogen-bond acceptors (Lipinski definition) is 4. The van der Waals surface area contributed by atoms with Crippen molar-refractivity contribution in [1.82, 2.24) is 5.32 Å². The Balaban J connectivity index is 2.69.